The highest BCUT2D eigenvalue weighted by Crippen LogP contribution is 2.02. The van der Waals surface area contributed by atoms with Crippen molar-refractivity contribution in [2.75, 3.05) is 119 Å². The second-order valence-corrected chi connectivity index (χ2v) is 7.62. The third kappa shape index (κ3) is 20.1. The Hall–Kier alpha value is -1.97. The molecule has 0 aromatic carbocycles. The highest BCUT2D eigenvalue weighted by molar-refractivity contribution is 6.12. The minimum Gasteiger partial charge on any atom is -0.466 e. The summed E-state index contributed by atoms with van der Waals surface area (Å²) in [5.41, 5.74) is 0. The van der Waals surface area contributed by atoms with E-state index in [2.05, 4.69) is 0 Å². The molecule has 0 bridgehead atoms. The van der Waals surface area contributed by atoms with Gasteiger partial charge >= 0.3 is 5.97 Å². The fraction of sp³-hybridized carbons (Fsp3) is 0.800. The molecule has 13 nitrogen and oxygen atoms in total. The lowest BCUT2D eigenvalue weighted by Crippen LogP contribution is -2.33. The first-order chi connectivity index (χ1) is 18.6. The van der Waals surface area contributed by atoms with Crippen molar-refractivity contribution in [2.45, 2.75) is 13.3 Å². The van der Waals surface area contributed by atoms with Crippen molar-refractivity contribution in [1.29, 1.82) is 0 Å². The number of amides is 2. The lowest BCUT2D eigenvalue weighted by Gasteiger charge is -2.13. The maximum absolute atomic E-state index is 11.4. The molecule has 1 aliphatic rings. The van der Waals surface area contributed by atoms with Gasteiger partial charge in [-0.05, 0) is 6.92 Å². The molecule has 2 amide bonds. The predicted molar refractivity (Wildman–Crippen MR) is 134 cm³/mol. The van der Waals surface area contributed by atoms with E-state index in [4.69, 9.17) is 42.6 Å². The van der Waals surface area contributed by atoms with Crippen LogP contribution in [0.1, 0.15) is 13.3 Å². The van der Waals surface area contributed by atoms with E-state index in [0.29, 0.717) is 106 Å². The summed E-state index contributed by atoms with van der Waals surface area (Å²) in [7, 11) is 0. The number of hydrogen-bond acceptors (Lipinski definition) is 12. The van der Waals surface area contributed by atoms with Crippen molar-refractivity contribution in [1.82, 2.24) is 4.90 Å². The molecule has 0 unspecified atom stereocenters. The summed E-state index contributed by atoms with van der Waals surface area (Å²) >= 11 is 0. The van der Waals surface area contributed by atoms with Gasteiger partial charge in [0.05, 0.1) is 125 Å². The van der Waals surface area contributed by atoms with Gasteiger partial charge in [0.15, 0.2) is 0 Å². The average molecular weight is 550 g/mol. The Morgan fingerprint density at radius 2 is 0.868 bits per heavy atom. The van der Waals surface area contributed by atoms with Crippen LogP contribution in [0.25, 0.3) is 0 Å². The molecule has 1 heterocycles. The predicted octanol–water partition coefficient (Wildman–Crippen LogP) is -0.00260. The van der Waals surface area contributed by atoms with Crippen LogP contribution in [0, 0.1) is 0 Å². The molecule has 1 aliphatic heterocycles. The SMILES string of the molecule is CCOC(=O)CCOCCOCCOCCOCCOCCOCCOCCOCCN1C(=O)C=CC1=O. The Morgan fingerprint density at radius 3 is 1.21 bits per heavy atom. The first kappa shape index (κ1) is 34.1. The van der Waals surface area contributed by atoms with Crippen LogP contribution in [-0.4, -0.2) is 142 Å². The number of rotatable bonds is 28. The quantitative estimate of drug-likeness (QED) is 0.0738. The van der Waals surface area contributed by atoms with E-state index in [1.807, 2.05) is 0 Å². The number of carbonyl (C=O) groups is 3. The molecule has 0 saturated carbocycles. The molecule has 0 spiro atoms. The van der Waals surface area contributed by atoms with E-state index in [9.17, 15) is 14.4 Å². The normalized spacial score (nSPS) is 13.1. The molecule has 0 aromatic rings. The molecule has 0 radical (unpaired) electrons. The maximum atomic E-state index is 11.4. The number of carbonyl (C=O) groups excluding carboxylic acids is 3. The number of imide groups is 1. The summed E-state index contributed by atoms with van der Waals surface area (Å²) in [6.07, 6.45) is 2.75. The summed E-state index contributed by atoms with van der Waals surface area (Å²) in [5, 5.41) is 0. The summed E-state index contributed by atoms with van der Waals surface area (Å²) in [4.78, 5) is 35.0. The molecule has 0 saturated heterocycles. The van der Waals surface area contributed by atoms with Gasteiger partial charge in [0.25, 0.3) is 11.8 Å². The molecule has 0 atom stereocenters. The summed E-state index contributed by atoms with van der Waals surface area (Å²) in [5.74, 6) is -0.874. The highest BCUT2D eigenvalue weighted by Gasteiger charge is 2.22. The number of ether oxygens (including phenoxy) is 9. The lowest BCUT2D eigenvalue weighted by molar-refractivity contribution is -0.144. The Kier molecular flexibility index (Phi) is 22.7. The highest BCUT2D eigenvalue weighted by atomic mass is 16.6. The molecular weight excluding hydrogens is 506 g/mol. The number of nitrogens with zero attached hydrogens (tertiary/aromatic N) is 1. The van der Waals surface area contributed by atoms with Crippen LogP contribution in [-0.2, 0) is 57.0 Å². The number of esters is 1. The molecule has 13 heteroatoms. The van der Waals surface area contributed by atoms with E-state index in [-0.39, 0.29) is 37.4 Å². The van der Waals surface area contributed by atoms with Gasteiger partial charge in [-0.3, -0.25) is 19.3 Å². The molecular formula is C25H43NO12. The third-order valence-corrected chi connectivity index (χ3v) is 4.72. The molecule has 0 fully saturated rings. The van der Waals surface area contributed by atoms with E-state index in [0.717, 1.165) is 4.90 Å². The van der Waals surface area contributed by atoms with Crippen molar-refractivity contribution in [2.24, 2.45) is 0 Å². The van der Waals surface area contributed by atoms with E-state index < -0.39 is 0 Å². The number of hydrogen-bond donors (Lipinski definition) is 0. The van der Waals surface area contributed by atoms with E-state index in [1.165, 1.54) is 12.2 Å². The van der Waals surface area contributed by atoms with E-state index in [1.54, 1.807) is 6.92 Å². The zero-order chi connectivity index (χ0) is 27.5. The van der Waals surface area contributed by atoms with Gasteiger partial charge in [0.1, 0.15) is 0 Å². The Balaban J connectivity index is 1.66. The summed E-state index contributed by atoms with van der Waals surface area (Å²) in [6, 6.07) is 0. The minimum atomic E-state index is -0.308. The van der Waals surface area contributed by atoms with Crippen molar-refractivity contribution >= 4 is 17.8 Å². The zero-order valence-corrected chi connectivity index (χ0v) is 22.4. The van der Waals surface area contributed by atoms with Gasteiger partial charge < -0.3 is 42.6 Å². The van der Waals surface area contributed by atoms with Crippen LogP contribution < -0.4 is 0 Å². The monoisotopic (exact) mass is 549 g/mol. The molecule has 220 valence electrons. The Morgan fingerprint density at radius 1 is 0.553 bits per heavy atom. The average Bonchev–Trinajstić information content (AvgIpc) is 3.23. The van der Waals surface area contributed by atoms with Gasteiger partial charge in [-0.1, -0.05) is 0 Å². The van der Waals surface area contributed by atoms with Crippen LogP contribution in [0.4, 0.5) is 0 Å². The summed E-state index contributed by atoms with van der Waals surface area (Å²) in [6.45, 7) is 9.30. The minimum absolute atomic E-state index is 0.238. The van der Waals surface area contributed by atoms with Gasteiger partial charge in [0, 0.05) is 12.2 Å². The first-order valence-electron chi connectivity index (χ1n) is 13.0. The van der Waals surface area contributed by atoms with Crippen molar-refractivity contribution in [3.63, 3.8) is 0 Å². The van der Waals surface area contributed by atoms with Gasteiger partial charge in [-0.25, -0.2) is 0 Å². The molecule has 1 rings (SSSR count). The van der Waals surface area contributed by atoms with Crippen LogP contribution in [0.2, 0.25) is 0 Å². The van der Waals surface area contributed by atoms with Gasteiger partial charge in [-0.2, -0.15) is 0 Å². The largest absolute Gasteiger partial charge is 0.466 e. The van der Waals surface area contributed by atoms with Crippen molar-refractivity contribution in [3.8, 4) is 0 Å². The second kappa shape index (κ2) is 25.3. The van der Waals surface area contributed by atoms with E-state index >= 15 is 0 Å². The first-order valence-corrected chi connectivity index (χ1v) is 13.0. The standard InChI is InChI=1S/C25H43NO12/c1-2-38-25(29)5-7-30-9-11-32-13-15-34-17-19-36-21-22-37-20-18-35-16-14-33-12-10-31-8-6-26-23(27)3-4-24(26)28/h3-4H,2,5-22H2,1H3. The molecule has 0 aromatic heterocycles. The Labute approximate surface area is 224 Å². The Bertz CT molecular complexity index is 628. The molecule has 0 N–H and O–H groups in total. The second-order valence-electron chi connectivity index (χ2n) is 7.62. The van der Waals surface area contributed by atoms with Crippen LogP contribution >= 0.6 is 0 Å². The molecule has 0 aliphatic carbocycles. The van der Waals surface area contributed by atoms with Crippen LogP contribution in [0.5, 0.6) is 0 Å². The van der Waals surface area contributed by atoms with Crippen LogP contribution in [0.3, 0.4) is 0 Å². The van der Waals surface area contributed by atoms with Crippen molar-refractivity contribution < 1.29 is 57.0 Å². The van der Waals surface area contributed by atoms with Crippen molar-refractivity contribution in [3.05, 3.63) is 12.2 Å². The fourth-order valence-electron chi connectivity index (χ4n) is 2.84. The smallest absolute Gasteiger partial charge is 0.308 e. The maximum Gasteiger partial charge on any atom is 0.308 e. The third-order valence-electron chi connectivity index (χ3n) is 4.72. The fourth-order valence-corrected chi connectivity index (χ4v) is 2.84. The van der Waals surface area contributed by atoms with Gasteiger partial charge in [-0.15, -0.1) is 0 Å². The molecule has 38 heavy (non-hydrogen) atoms. The van der Waals surface area contributed by atoms with Gasteiger partial charge in [0.2, 0.25) is 0 Å². The zero-order valence-electron chi connectivity index (χ0n) is 22.4. The lowest BCUT2D eigenvalue weighted by atomic mass is 10.5. The van der Waals surface area contributed by atoms with Crippen LogP contribution in [0.15, 0.2) is 12.2 Å². The topological polar surface area (TPSA) is 138 Å². The summed E-state index contributed by atoms with van der Waals surface area (Å²) < 4.78 is 47.8.